The highest BCUT2D eigenvalue weighted by Crippen LogP contribution is 2.27. The first-order valence-corrected chi connectivity index (χ1v) is 10.7. The predicted molar refractivity (Wildman–Crippen MR) is 119 cm³/mol. The van der Waals surface area contributed by atoms with Crippen molar-refractivity contribution < 1.29 is 14.3 Å². The number of hydrogen-bond donors (Lipinski definition) is 1. The maximum atomic E-state index is 13.0. The van der Waals surface area contributed by atoms with Crippen molar-refractivity contribution >= 4 is 11.8 Å². The number of nitrogens with one attached hydrogen (secondary N) is 1. The highest BCUT2D eigenvalue weighted by Gasteiger charge is 2.45. The number of rotatable bonds is 6. The van der Waals surface area contributed by atoms with Crippen molar-refractivity contribution in [3.8, 4) is 11.1 Å². The van der Waals surface area contributed by atoms with Crippen LogP contribution in [-0.2, 0) is 20.7 Å². The minimum Gasteiger partial charge on any atom is -0.361 e. The molecule has 2 aromatic carbocycles. The molecule has 2 amide bonds. The van der Waals surface area contributed by atoms with Crippen molar-refractivity contribution in [2.45, 2.75) is 39.7 Å². The highest BCUT2D eigenvalue weighted by atomic mass is 16.5. The maximum Gasteiger partial charge on any atom is 0.254 e. The van der Waals surface area contributed by atoms with E-state index in [0.717, 1.165) is 11.1 Å². The molecular weight excluding hydrogens is 376 g/mol. The SMILES string of the molecule is CCNC(=O)[C@@]1(Cc2ccc(-c3cccc(C)c3)cc2)CN(C(=O)C(C)C)CCO1. The fourth-order valence-electron chi connectivity index (χ4n) is 3.95. The van der Waals surface area contributed by atoms with Crippen molar-refractivity contribution in [1.82, 2.24) is 10.2 Å². The van der Waals surface area contributed by atoms with E-state index in [9.17, 15) is 9.59 Å². The normalized spacial score (nSPS) is 19.0. The van der Waals surface area contributed by atoms with Crippen molar-refractivity contribution in [3.05, 3.63) is 59.7 Å². The standard InChI is InChI=1S/C25H32N2O3/c1-5-26-24(29)25(17-27(13-14-30-25)23(28)18(2)3)16-20-9-11-21(12-10-20)22-8-6-7-19(4)15-22/h6-12,15,18H,5,13-14,16-17H2,1-4H3,(H,26,29)/t25-/m1/s1. The maximum absolute atomic E-state index is 13.0. The third-order valence-corrected chi connectivity index (χ3v) is 5.54. The van der Waals surface area contributed by atoms with Crippen LogP contribution in [0.1, 0.15) is 31.9 Å². The van der Waals surface area contributed by atoms with Crippen LogP contribution in [-0.4, -0.2) is 48.6 Å². The number of carbonyl (C=O) groups excluding carboxylic acids is 2. The minimum absolute atomic E-state index is 0.0572. The van der Waals surface area contributed by atoms with Gasteiger partial charge in [-0.1, -0.05) is 67.9 Å². The fourth-order valence-corrected chi connectivity index (χ4v) is 3.95. The zero-order chi connectivity index (χ0) is 21.7. The molecule has 160 valence electrons. The first kappa shape index (κ1) is 22.0. The summed E-state index contributed by atoms with van der Waals surface area (Å²) in [5.74, 6) is -0.209. The molecule has 0 bridgehead atoms. The van der Waals surface area contributed by atoms with E-state index >= 15 is 0 Å². The smallest absolute Gasteiger partial charge is 0.254 e. The first-order valence-electron chi connectivity index (χ1n) is 10.7. The lowest BCUT2D eigenvalue weighted by atomic mass is 9.90. The number of benzene rings is 2. The summed E-state index contributed by atoms with van der Waals surface area (Å²) in [7, 11) is 0. The minimum atomic E-state index is -1.07. The van der Waals surface area contributed by atoms with E-state index in [1.54, 1.807) is 4.90 Å². The van der Waals surface area contributed by atoms with Crippen LogP contribution in [0.2, 0.25) is 0 Å². The zero-order valence-corrected chi connectivity index (χ0v) is 18.4. The average Bonchev–Trinajstić information content (AvgIpc) is 2.74. The quantitative estimate of drug-likeness (QED) is 0.795. The van der Waals surface area contributed by atoms with E-state index in [-0.39, 0.29) is 24.3 Å². The second kappa shape index (κ2) is 9.43. The Balaban J connectivity index is 1.85. The Hall–Kier alpha value is -2.66. The molecule has 5 heteroatoms. The molecule has 1 aliphatic heterocycles. The van der Waals surface area contributed by atoms with Crippen LogP contribution in [0.3, 0.4) is 0 Å². The van der Waals surface area contributed by atoms with Gasteiger partial charge < -0.3 is 15.0 Å². The summed E-state index contributed by atoms with van der Waals surface area (Å²) >= 11 is 0. The van der Waals surface area contributed by atoms with Gasteiger partial charge in [-0.15, -0.1) is 0 Å². The third kappa shape index (κ3) is 4.90. The van der Waals surface area contributed by atoms with Gasteiger partial charge in [0.15, 0.2) is 5.60 Å². The lowest BCUT2D eigenvalue weighted by molar-refractivity contribution is -0.167. The molecule has 1 saturated heterocycles. The molecule has 1 aliphatic rings. The molecular formula is C25H32N2O3. The monoisotopic (exact) mass is 408 g/mol. The molecule has 1 heterocycles. The summed E-state index contributed by atoms with van der Waals surface area (Å²) in [6, 6.07) is 16.6. The fraction of sp³-hybridized carbons (Fsp3) is 0.440. The molecule has 30 heavy (non-hydrogen) atoms. The van der Waals surface area contributed by atoms with Gasteiger partial charge in [0, 0.05) is 25.4 Å². The van der Waals surface area contributed by atoms with E-state index in [1.807, 2.05) is 32.9 Å². The Morgan fingerprint density at radius 1 is 1.13 bits per heavy atom. The van der Waals surface area contributed by atoms with Crippen LogP contribution in [0.15, 0.2) is 48.5 Å². The summed E-state index contributed by atoms with van der Waals surface area (Å²) in [6.07, 6.45) is 0.425. The second-order valence-electron chi connectivity index (χ2n) is 8.36. The number of likely N-dealkylation sites (N-methyl/N-ethyl adjacent to an activating group) is 1. The van der Waals surface area contributed by atoms with Crippen LogP contribution < -0.4 is 5.32 Å². The van der Waals surface area contributed by atoms with E-state index in [2.05, 4.69) is 48.6 Å². The summed E-state index contributed by atoms with van der Waals surface area (Å²) in [6.45, 7) is 9.41. The Morgan fingerprint density at radius 3 is 2.50 bits per heavy atom. The molecule has 1 N–H and O–H groups in total. The van der Waals surface area contributed by atoms with Gasteiger partial charge in [-0.3, -0.25) is 9.59 Å². The largest absolute Gasteiger partial charge is 0.361 e. The van der Waals surface area contributed by atoms with E-state index in [0.29, 0.717) is 26.1 Å². The summed E-state index contributed by atoms with van der Waals surface area (Å²) in [4.78, 5) is 27.4. The Bertz CT molecular complexity index is 892. The number of amides is 2. The number of hydrogen-bond acceptors (Lipinski definition) is 3. The molecule has 5 nitrogen and oxygen atoms in total. The van der Waals surface area contributed by atoms with Crippen LogP contribution in [0, 0.1) is 12.8 Å². The number of carbonyl (C=O) groups is 2. The number of ether oxygens (including phenoxy) is 1. The van der Waals surface area contributed by atoms with Crippen molar-refractivity contribution in [1.29, 1.82) is 0 Å². The lowest BCUT2D eigenvalue weighted by Crippen LogP contribution is -2.62. The Morgan fingerprint density at radius 2 is 1.87 bits per heavy atom. The Kier molecular flexibility index (Phi) is 6.93. The van der Waals surface area contributed by atoms with Crippen LogP contribution in [0.4, 0.5) is 0 Å². The van der Waals surface area contributed by atoms with Gasteiger partial charge in [-0.25, -0.2) is 0 Å². The predicted octanol–water partition coefficient (Wildman–Crippen LogP) is 3.59. The van der Waals surface area contributed by atoms with Gasteiger partial charge in [0.2, 0.25) is 5.91 Å². The molecule has 0 aliphatic carbocycles. The molecule has 0 radical (unpaired) electrons. The van der Waals surface area contributed by atoms with Crippen LogP contribution in [0.25, 0.3) is 11.1 Å². The van der Waals surface area contributed by atoms with Crippen molar-refractivity contribution in [2.75, 3.05) is 26.2 Å². The summed E-state index contributed by atoms with van der Waals surface area (Å²) in [5.41, 5.74) is 3.47. The van der Waals surface area contributed by atoms with Crippen molar-refractivity contribution in [2.24, 2.45) is 5.92 Å². The third-order valence-electron chi connectivity index (χ3n) is 5.54. The van der Waals surface area contributed by atoms with E-state index in [4.69, 9.17) is 4.74 Å². The lowest BCUT2D eigenvalue weighted by Gasteiger charge is -2.42. The average molecular weight is 409 g/mol. The Labute approximate surface area is 179 Å². The molecule has 2 aromatic rings. The van der Waals surface area contributed by atoms with Gasteiger partial charge in [-0.2, -0.15) is 0 Å². The molecule has 0 spiro atoms. The summed E-state index contributed by atoms with van der Waals surface area (Å²) < 4.78 is 6.07. The molecule has 0 unspecified atom stereocenters. The van der Waals surface area contributed by atoms with Gasteiger partial charge in [0.25, 0.3) is 5.91 Å². The molecule has 3 rings (SSSR count). The van der Waals surface area contributed by atoms with Gasteiger partial charge in [0.05, 0.1) is 13.2 Å². The number of nitrogens with zero attached hydrogens (tertiary/aromatic N) is 1. The topological polar surface area (TPSA) is 58.6 Å². The molecule has 1 fully saturated rings. The summed E-state index contributed by atoms with van der Waals surface area (Å²) in [5, 5.41) is 2.91. The van der Waals surface area contributed by atoms with Crippen molar-refractivity contribution in [3.63, 3.8) is 0 Å². The zero-order valence-electron chi connectivity index (χ0n) is 18.4. The van der Waals surface area contributed by atoms with Crippen LogP contribution in [0.5, 0.6) is 0 Å². The molecule has 0 aromatic heterocycles. The second-order valence-corrected chi connectivity index (χ2v) is 8.36. The molecule has 1 atom stereocenters. The van der Waals surface area contributed by atoms with Gasteiger partial charge in [0.1, 0.15) is 0 Å². The first-order chi connectivity index (χ1) is 14.3. The molecule has 0 saturated carbocycles. The van der Waals surface area contributed by atoms with Gasteiger partial charge >= 0.3 is 0 Å². The van der Waals surface area contributed by atoms with Crippen LogP contribution >= 0.6 is 0 Å². The van der Waals surface area contributed by atoms with E-state index < -0.39 is 5.60 Å². The number of aryl methyl sites for hydroxylation is 1. The highest BCUT2D eigenvalue weighted by molar-refractivity contribution is 5.87. The van der Waals surface area contributed by atoms with Gasteiger partial charge in [-0.05, 0) is 30.5 Å². The number of morpholine rings is 1. The van der Waals surface area contributed by atoms with E-state index in [1.165, 1.54) is 11.1 Å².